The zero-order chi connectivity index (χ0) is 21.5. The Morgan fingerprint density at radius 2 is 1.70 bits per heavy atom. The van der Waals surface area contributed by atoms with Gasteiger partial charge in [0, 0.05) is 41.7 Å². The number of amides is 3. The minimum absolute atomic E-state index is 0.146. The average Bonchev–Trinajstić information content (AvgIpc) is 3.21. The Morgan fingerprint density at radius 3 is 2.40 bits per heavy atom. The molecule has 0 radical (unpaired) electrons. The van der Waals surface area contributed by atoms with E-state index in [0.717, 1.165) is 12.0 Å². The quantitative estimate of drug-likeness (QED) is 0.682. The van der Waals surface area contributed by atoms with E-state index in [4.69, 9.17) is 23.2 Å². The first-order valence-corrected chi connectivity index (χ1v) is 10.5. The summed E-state index contributed by atoms with van der Waals surface area (Å²) in [6.07, 6.45) is 1.48. The number of nitrogens with zero attached hydrogens (tertiary/aromatic N) is 1. The minimum Gasteiger partial charge on any atom is -0.354 e. The Morgan fingerprint density at radius 1 is 1.00 bits per heavy atom. The van der Waals surface area contributed by atoms with Gasteiger partial charge < -0.3 is 15.5 Å². The van der Waals surface area contributed by atoms with Crippen LogP contribution in [0.4, 0.5) is 0 Å². The molecule has 2 aromatic rings. The highest BCUT2D eigenvalue weighted by Crippen LogP contribution is 2.24. The number of nitrogens with one attached hydrogen (secondary N) is 2. The number of hydrogen-bond donors (Lipinski definition) is 2. The van der Waals surface area contributed by atoms with Gasteiger partial charge in [0.1, 0.15) is 6.04 Å². The zero-order valence-electron chi connectivity index (χ0n) is 16.4. The Bertz CT molecular complexity index is 901. The van der Waals surface area contributed by atoms with Crippen molar-refractivity contribution >= 4 is 40.9 Å². The lowest BCUT2D eigenvalue weighted by Crippen LogP contribution is -2.46. The molecule has 1 aliphatic rings. The van der Waals surface area contributed by atoms with Gasteiger partial charge >= 0.3 is 0 Å². The lowest BCUT2D eigenvalue weighted by molar-refractivity contribution is -0.125. The molecule has 6 nitrogen and oxygen atoms in total. The summed E-state index contributed by atoms with van der Waals surface area (Å²) in [7, 11) is 0. The third kappa shape index (κ3) is 5.97. The second-order valence-corrected chi connectivity index (χ2v) is 7.99. The van der Waals surface area contributed by atoms with Gasteiger partial charge in [0.2, 0.25) is 11.8 Å². The number of hydrogen-bond acceptors (Lipinski definition) is 3. The molecule has 0 bridgehead atoms. The molecular formula is C22H23Cl2N3O3. The predicted molar refractivity (Wildman–Crippen MR) is 116 cm³/mol. The molecule has 0 aromatic heterocycles. The highest BCUT2D eigenvalue weighted by atomic mass is 35.5. The van der Waals surface area contributed by atoms with E-state index in [2.05, 4.69) is 10.6 Å². The van der Waals surface area contributed by atoms with Gasteiger partial charge in [0.05, 0.1) is 0 Å². The number of likely N-dealkylation sites (tertiary alicyclic amines) is 1. The maximum Gasteiger partial charge on any atom is 0.254 e. The molecule has 158 valence electrons. The van der Waals surface area contributed by atoms with Crippen molar-refractivity contribution in [3.8, 4) is 0 Å². The second kappa shape index (κ2) is 10.5. The summed E-state index contributed by atoms with van der Waals surface area (Å²) in [5.74, 6) is -0.686. The van der Waals surface area contributed by atoms with Crippen LogP contribution in [-0.4, -0.2) is 41.8 Å². The number of rotatable bonds is 7. The van der Waals surface area contributed by atoms with Crippen LogP contribution in [0.5, 0.6) is 0 Å². The van der Waals surface area contributed by atoms with Crippen LogP contribution in [0, 0.1) is 0 Å². The summed E-state index contributed by atoms with van der Waals surface area (Å²) < 4.78 is 0. The molecule has 0 saturated carbocycles. The summed E-state index contributed by atoms with van der Waals surface area (Å²) in [5.41, 5.74) is 1.36. The fourth-order valence-electron chi connectivity index (χ4n) is 3.43. The van der Waals surface area contributed by atoms with Crippen LogP contribution in [0.3, 0.4) is 0 Å². The van der Waals surface area contributed by atoms with Crippen LogP contribution in [0.15, 0.2) is 48.5 Å². The van der Waals surface area contributed by atoms with E-state index in [0.29, 0.717) is 35.1 Å². The third-order valence-corrected chi connectivity index (χ3v) is 5.35. The first kappa shape index (κ1) is 22.1. The van der Waals surface area contributed by atoms with Crippen LogP contribution in [-0.2, 0) is 16.1 Å². The molecule has 1 atom stereocenters. The smallest absolute Gasteiger partial charge is 0.254 e. The lowest BCUT2D eigenvalue weighted by atomic mass is 10.1. The van der Waals surface area contributed by atoms with Crippen LogP contribution >= 0.6 is 23.2 Å². The van der Waals surface area contributed by atoms with Gasteiger partial charge in [0.15, 0.2) is 0 Å². The van der Waals surface area contributed by atoms with Crippen molar-refractivity contribution in [3.05, 3.63) is 69.7 Å². The number of carbonyl (C=O) groups excluding carboxylic acids is 3. The van der Waals surface area contributed by atoms with Crippen molar-refractivity contribution < 1.29 is 14.4 Å². The van der Waals surface area contributed by atoms with E-state index in [1.54, 1.807) is 18.2 Å². The largest absolute Gasteiger partial charge is 0.354 e. The normalized spacial score (nSPS) is 15.7. The van der Waals surface area contributed by atoms with Crippen molar-refractivity contribution in [3.63, 3.8) is 0 Å². The van der Waals surface area contributed by atoms with Crippen molar-refractivity contribution in [2.75, 3.05) is 13.1 Å². The van der Waals surface area contributed by atoms with Crippen LogP contribution < -0.4 is 10.6 Å². The van der Waals surface area contributed by atoms with Gasteiger partial charge in [-0.1, -0.05) is 53.5 Å². The van der Waals surface area contributed by atoms with Crippen molar-refractivity contribution in [1.29, 1.82) is 0 Å². The van der Waals surface area contributed by atoms with Gasteiger partial charge in [-0.15, -0.1) is 0 Å². The molecule has 0 aliphatic carbocycles. The van der Waals surface area contributed by atoms with E-state index >= 15 is 0 Å². The monoisotopic (exact) mass is 447 g/mol. The van der Waals surface area contributed by atoms with Crippen molar-refractivity contribution in [2.24, 2.45) is 0 Å². The third-order valence-electron chi connectivity index (χ3n) is 4.91. The molecule has 3 amide bonds. The van der Waals surface area contributed by atoms with Crippen molar-refractivity contribution in [2.45, 2.75) is 31.8 Å². The fourth-order valence-corrected chi connectivity index (χ4v) is 3.95. The Kier molecular flexibility index (Phi) is 7.71. The standard InChI is InChI=1S/C22H23Cl2N3O3/c23-17-11-16(12-18(24)13-17)22(30)27-10-4-7-19(27)21(29)25-9-8-20(28)26-14-15-5-2-1-3-6-15/h1-3,5-6,11-13,19H,4,7-10,14H2,(H,25,29)(H,26,28). The van der Waals surface area contributed by atoms with Gasteiger partial charge in [-0.2, -0.15) is 0 Å². The Hall–Kier alpha value is -2.57. The first-order chi connectivity index (χ1) is 14.4. The minimum atomic E-state index is -0.567. The molecular weight excluding hydrogens is 425 g/mol. The molecule has 1 unspecified atom stereocenters. The second-order valence-electron chi connectivity index (χ2n) is 7.12. The van der Waals surface area contributed by atoms with Crippen LogP contribution in [0.2, 0.25) is 10.0 Å². The van der Waals surface area contributed by atoms with E-state index in [1.807, 2.05) is 30.3 Å². The van der Waals surface area contributed by atoms with Crippen LogP contribution in [0.1, 0.15) is 35.2 Å². The average molecular weight is 448 g/mol. The highest BCUT2D eigenvalue weighted by molar-refractivity contribution is 6.35. The van der Waals surface area contributed by atoms with E-state index in [-0.39, 0.29) is 30.7 Å². The number of halogens is 2. The molecule has 0 spiro atoms. The zero-order valence-corrected chi connectivity index (χ0v) is 17.9. The molecule has 1 aliphatic heterocycles. The molecule has 1 heterocycles. The summed E-state index contributed by atoms with van der Waals surface area (Å²) in [6, 6.07) is 13.7. The fraction of sp³-hybridized carbons (Fsp3) is 0.318. The Balaban J connectivity index is 1.48. The SMILES string of the molecule is O=C(CCNC(=O)C1CCCN1C(=O)c1cc(Cl)cc(Cl)c1)NCc1ccccc1. The van der Waals surface area contributed by atoms with E-state index in [9.17, 15) is 14.4 Å². The molecule has 2 N–H and O–H groups in total. The molecule has 1 fully saturated rings. The van der Waals surface area contributed by atoms with Gasteiger partial charge in [0.25, 0.3) is 5.91 Å². The molecule has 30 heavy (non-hydrogen) atoms. The summed E-state index contributed by atoms with van der Waals surface area (Å²) in [6.45, 7) is 1.14. The molecule has 3 rings (SSSR count). The summed E-state index contributed by atoms with van der Waals surface area (Å²) >= 11 is 12.0. The lowest BCUT2D eigenvalue weighted by Gasteiger charge is -2.24. The van der Waals surface area contributed by atoms with Gasteiger partial charge in [-0.05, 0) is 36.6 Å². The van der Waals surface area contributed by atoms with E-state index < -0.39 is 6.04 Å². The van der Waals surface area contributed by atoms with Crippen LogP contribution in [0.25, 0.3) is 0 Å². The van der Waals surface area contributed by atoms with Crippen molar-refractivity contribution in [1.82, 2.24) is 15.5 Å². The summed E-state index contributed by atoms with van der Waals surface area (Å²) in [4.78, 5) is 39.0. The predicted octanol–water partition coefficient (Wildman–Crippen LogP) is 3.42. The molecule has 8 heteroatoms. The highest BCUT2D eigenvalue weighted by Gasteiger charge is 2.34. The topological polar surface area (TPSA) is 78.5 Å². The van der Waals surface area contributed by atoms with E-state index in [1.165, 1.54) is 4.90 Å². The number of carbonyl (C=O) groups is 3. The maximum atomic E-state index is 12.8. The number of benzene rings is 2. The molecule has 1 saturated heterocycles. The van der Waals surface area contributed by atoms with Gasteiger partial charge in [-0.25, -0.2) is 0 Å². The molecule has 2 aromatic carbocycles. The maximum absolute atomic E-state index is 12.8. The van der Waals surface area contributed by atoms with Gasteiger partial charge in [-0.3, -0.25) is 14.4 Å². The Labute approximate surface area is 185 Å². The first-order valence-electron chi connectivity index (χ1n) is 9.79. The summed E-state index contributed by atoms with van der Waals surface area (Å²) in [5, 5.41) is 6.32.